The SMILES string of the molecule is CCC=O.CN(CCOCCNC=O)C(=O)c1cccc2c1C(C=O)=CCC2.CNO. The van der Waals surface area contributed by atoms with E-state index in [-0.39, 0.29) is 5.91 Å². The van der Waals surface area contributed by atoms with E-state index < -0.39 is 0 Å². The van der Waals surface area contributed by atoms with Gasteiger partial charge in [0, 0.05) is 50.3 Å². The predicted molar refractivity (Wildman–Crippen MR) is 118 cm³/mol. The predicted octanol–water partition coefficient (Wildman–Crippen LogP) is 1.24. The number of nitrogens with one attached hydrogen (secondary N) is 2. The second kappa shape index (κ2) is 17.9. The van der Waals surface area contributed by atoms with Crippen LogP contribution in [0.2, 0.25) is 0 Å². The van der Waals surface area contributed by atoms with Gasteiger partial charge in [0.2, 0.25) is 6.41 Å². The average molecular weight is 436 g/mol. The van der Waals surface area contributed by atoms with Crippen LogP contribution in [0.15, 0.2) is 24.3 Å². The summed E-state index contributed by atoms with van der Waals surface area (Å²) in [6.45, 7) is 3.48. The summed E-state index contributed by atoms with van der Waals surface area (Å²) >= 11 is 0. The van der Waals surface area contributed by atoms with E-state index in [0.29, 0.717) is 50.3 Å². The van der Waals surface area contributed by atoms with E-state index in [4.69, 9.17) is 9.94 Å². The van der Waals surface area contributed by atoms with Gasteiger partial charge in [-0.25, -0.2) is 5.48 Å². The van der Waals surface area contributed by atoms with Crippen molar-refractivity contribution >= 4 is 30.5 Å². The number of hydrogen-bond donors (Lipinski definition) is 3. The Hall–Kier alpha value is -2.88. The molecule has 1 aliphatic carbocycles. The van der Waals surface area contributed by atoms with Gasteiger partial charge in [-0.15, -0.1) is 0 Å². The normalized spacial score (nSPS) is 11.3. The third-order valence-electron chi connectivity index (χ3n) is 4.13. The number of aldehydes is 2. The Kier molecular flexibility index (Phi) is 16.3. The number of amides is 2. The van der Waals surface area contributed by atoms with E-state index in [2.05, 4.69) is 5.32 Å². The van der Waals surface area contributed by atoms with Crippen LogP contribution in [0.1, 0.15) is 41.3 Å². The molecule has 1 aliphatic rings. The summed E-state index contributed by atoms with van der Waals surface area (Å²) in [6.07, 6.45) is 6.49. The number of likely N-dealkylation sites (N-methyl/N-ethyl adjacent to an activating group) is 1. The van der Waals surface area contributed by atoms with Gasteiger partial charge >= 0.3 is 0 Å². The molecule has 0 aromatic heterocycles. The fourth-order valence-electron chi connectivity index (χ4n) is 2.72. The highest BCUT2D eigenvalue weighted by Gasteiger charge is 2.22. The molecule has 31 heavy (non-hydrogen) atoms. The summed E-state index contributed by atoms with van der Waals surface area (Å²) in [5.41, 5.74) is 4.68. The van der Waals surface area contributed by atoms with Crippen molar-refractivity contribution in [1.82, 2.24) is 15.7 Å². The van der Waals surface area contributed by atoms with Crippen LogP contribution in [0.4, 0.5) is 0 Å². The maximum Gasteiger partial charge on any atom is 0.254 e. The Balaban J connectivity index is 0.00000113. The Labute approximate surface area is 183 Å². The van der Waals surface area contributed by atoms with Crippen molar-refractivity contribution in [2.24, 2.45) is 0 Å². The molecule has 1 aromatic rings. The summed E-state index contributed by atoms with van der Waals surface area (Å²) in [6, 6.07) is 5.58. The van der Waals surface area contributed by atoms with Crippen LogP contribution in [0.3, 0.4) is 0 Å². The molecule has 0 bridgehead atoms. The molecular weight excluding hydrogens is 402 g/mol. The van der Waals surface area contributed by atoms with Gasteiger partial charge < -0.3 is 25.0 Å². The fourth-order valence-corrected chi connectivity index (χ4v) is 2.72. The van der Waals surface area contributed by atoms with Crippen LogP contribution < -0.4 is 10.8 Å². The molecule has 2 rings (SSSR count). The second-order valence-electron chi connectivity index (χ2n) is 6.37. The molecular formula is C22H33N3O6. The standard InChI is InChI=1S/C18H22N2O4.C3H6O.CH5NO/c1-20(9-11-24-10-8-19-13-22)18(23)16-7-3-5-14-4-2-6-15(12-21)17(14)16;1-2-3-4;1-2-3/h3,5-7,12-13H,2,4,8-11H2,1H3,(H,19,22);3H,2H2,1H3;2-3H,1H3. The number of benzene rings is 1. The lowest BCUT2D eigenvalue weighted by Gasteiger charge is -2.22. The lowest BCUT2D eigenvalue weighted by Crippen LogP contribution is -2.32. The third kappa shape index (κ3) is 10.6. The largest absolute Gasteiger partial charge is 0.378 e. The van der Waals surface area contributed by atoms with Crippen molar-refractivity contribution < 1.29 is 29.1 Å². The van der Waals surface area contributed by atoms with Crippen LogP contribution in [0.25, 0.3) is 5.57 Å². The summed E-state index contributed by atoms with van der Waals surface area (Å²) in [5.74, 6) is -0.129. The van der Waals surface area contributed by atoms with Gasteiger partial charge in [-0.1, -0.05) is 25.1 Å². The topological polar surface area (TPSA) is 125 Å². The Morgan fingerprint density at radius 3 is 2.52 bits per heavy atom. The van der Waals surface area contributed by atoms with Gasteiger partial charge in [-0.2, -0.15) is 0 Å². The molecule has 0 fully saturated rings. The number of carbonyl (C=O) groups excluding carboxylic acids is 4. The Morgan fingerprint density at radius 2 is 1.94 bits per heavy atom. The van der Waals surface area contributed by atoms with Crippen molar-refractivity contribution in [3.05, 3.63) is 41.0 Å². The molecule has 0 unspecified atom stereocenters. The van der Waals surface area contributed by atoms with Crippen LogP contribution in [-0.4, -0.2) is 75.4 Å². The molecule has 0 saturated heterocycles. The van der Waals surface area contributed by atoms with Crippen molar-refractivity contribution in [2.45, 2.75) is 26.2 Å². The van der Waals surface area contributed by atoms with Gasteiger partial charge in [-0.05, 0) is 24.5 Å². The molecule has 0 aliphatic heterocycles. The summed E-state index contributed by atoms with van der Waals surface area (Å²) < 4.78 is 5.36. The van der Waals surface area contributed by atoms with Crippen molar-refractivity contribution in [1.29, 1.82) is 0 Å². The minimum atomic E-state index is -0.129. The molecule has 2 amide bonds. The number of hydroxylamine groups is 1. The Bertz CT molecular complexity index is 721. The first kappa shape index (κ1) is 28.1. The molecule has 9 nitrogen and oxygen atoms in total. The highest BCUT2D eigenvalue weighted by Crippen LogP contribution is 2.29. The van der Waals surface area contributed by atoms with Crippen molar-refractivity contribution in [2.75, 3.05) is 40.4 Å². The van der Waals surface area contributed by atoms with Gasteiger partial charge in [0.25, 0.3) is 5.91 Å². The van der Waals surface area contributed by atoms with Crippen molar-refractivity contribution in [3.8, 4) is 0 Å². The first-order chi connectivity index (χ1) is 15.0. The quantitative estimate of drug-likeness (QED) is 0.287. The Morgan fingerprint density at radius 1 is 1.26 bits per heavy atom. The number of fused-ring (bicyclic) bond motifs is 1. The van der Waals surface area contributed by atoms with Crippen LogP contribution in [0.5, 0.6) is 0 Å². The fraction of sp³-hybridized carbons (Fsp3) is 0.455. The molecule has 3 N–H and O–H groups in total. The number of rotatable bonds is 10. The number of hydrogen-bond acceptors (Lipinski definition) is 7. The van der Waals surface area contributed by atoms with Crippen LogP contribution in [0, 0.1) is 0 Å². The summed E-state index contributed by atoms with van der Waals surface area (Å²) in [7, 11) is 3.14. The summed E-state index contributed by atoms with van der Waals surface area (Å²) in [4.78, 5) is 44.9. The molecule has 172 valence electrons. The van der Waals surface area contributed by atoms with Gasteiger partial charge in [-0.3, -0.25) is 14.4 Å². The van der Waals surface area contributed by atoms with Crippen LogP contribution >= 0.6 is 0 Å². The zero-order valence-electron chi connectivity index (χ0n) is 18.4. The number of allylic oxidation sites excluding steroid dienone is 2. The van der Waals surface area contributed by atoms with E-state index in [9.17, 15) is 19.2 Å². The van der Waals surface area contributed by atoms with Gasteiger partial charge in [0.1, 0.15) is 12.6 Å². The molecule has 1 aromatic carbocycles. The minimum Gasteiger partial charge on any atom is -0.378 e. The van der Waals surface area contributed by atoms with E-state index in [1.54, 1.807) is 23.5 Å². The summed E-state index contributed by atoms with van der Waals surface area (Å²) in [5, 5.41) is 9.82. The maximum atomic E-state index is 12.7. The number of ether oxygens (including phenoxy) is 1. The smallest absolute Gasteiger partial charge is 0.254 e. The van der Waals surface area contributed by atoms with Crippen LogP contribution in [-0.2, 0) is 25.5 Å². The van der Waals surface area contributed by atoms with E-state index >= 15 is 0 Å². The number of carbonyl (C=O) groups is 4. The first-order valence-electron chi connectivity index (χ1n) is 10.0. The lowest BCUT2D eigenvalue weighted by molar-refractivity contribution is -0.110. The van der Waals surface area contributed by atoms with E-state index in [1.165, 1.54) is 7.05 Å². The van der Waals surface area contributed by atoms with Crippen molar-refractivity contribution in [3.63, 3.8) is 0 Å². The van der Waals surface area contributed by atoms with Gasteiger partial charge in [0.05, 0.1) is 13.2 Å². The monoisotopic (exact) mass is 435 g/mol. The zero-order chi connectivity index (χ0) is 23.5. The van der Waals surface area contributed by atoms with E-state index in [1.807, 2.05) is 25.1 Å². The highest BCUT2D eigenvalue weighted by atomic mass is 16.5. The average Bonchev–Trinajstić information content (AvgIpc) is 2.80. The second-order valence-corrected chi connectivity index (χ2v) is 6.37. The molecule has 0 atom stereocenters. The molecule has 0 saturated carbocycles. The lowest BCUT2D eigenvalue weighted by atomic mass is 9.87. The highest BCUT2D eigenvalue weighted by molar-refractivity contribution is 6.13. The zero-order valence-corrected chi connectivity index (χ0v) is 18.4. The first-order valence-corrected chi connectivity index (χ1v) is 10.0. The van der Waals surface area contributed by atoms with Gasteiger partial charge in [0.15, 0.2) is 0 Å². The third-order valence-corrected chi connectivity index (χ3v) is 4.13. The van der Waals surface area contributed by atoms with E-state index in [0.717, 1.165) is 36.5 Å². The molecule has 9 heteroatoms. The molecule has 0 heterocycles. The number of aryl methyl sites for hydroxylation is 1. The molecule has 0 spiro atoms. The molecule has 0 radical (unpaired) electrons. The maximum absolute atomic E-state index is 12.7. The number of nitrogens with zero attached hydrogens (tertiary/aromatic N) is 1. The minimum absolute atomic E-state index is 0.129.